The number of nitrogens with zero attached hydrogens (tertiary/aromatic N) is 2. The minimum absolute atomic E-state index is 0.361. The van der Waals surface area contributed by atoms with Crippen LogP contribution in [0.15, 0.2) is 18.2 Å². The van der Waals surface area contributed by atoms with Crippen LogP contribution in [-0.4, -0.2) is 55.7 Å². The second-order valence-corrected chi connectivity index (χ2v) is 5.83. The number of hydrogen-bond donors (Lipinski definition) is 1. The Morgan fingerprint density at radius 3 is 2.05 bits per heavy atom. The van der Waals surface area contributed by atoms with Crippen LogP contribution in [0.1, 0.15) is 29.2 Å². The third kappa shape index (κ3) is 6.19. The zero-order valence-electron chi connectivity index (χ0n) is 13.0. The minimum atomic E-state index is -0.361. The maximum absolute atomic E-state index is 10.3. The number of rotatable bonds is 7. The van der Waals surface area contributed by atoms with Crippen LogP contribution in [0.4, 0.5) is 0 Å². The number of benzene rings is 1. The molecule has 1 unspecified atom stereocenters. The maximum atomic E-state index is 10.3. The number of aliphatic hydroxyl groups excluding tert-OH is 1. The highest BCUT2D eigenvalue weighted by molar-refractivity contribution is 5.29. The summed E-state index contributed by atoms with van der Waals surface area (Å²) in [4.78, 5) is 4.45. The molecule has 0 aromatic heterocycles. The van der Waals surface area contributed by atoms with Crippen molar-refractivity contribution < 1.29 is 5.11 Å². The van der Waals surface area contributed by atoms with E-state index in [0.29, 0.717) is 0 Å². The molecular formula is C16H28N2O. The smallest absolute Gasteiger partial charge is 0.0802 e. The van der Waals surface area contributed by atoms with Crippen LogP contribution in [0.25, 0.3) is 0 Å². The molecule has 3 heteroatoms. The Bertz CT molecular complexity index is 370. The highest BCUT2D eigenvalue weighted by Crippen LogP contribution is 2.19. The molecule has 0 aliphatic heterocycles. The van der Waals surface area contributed by atoms with E-state index in [0.717, 1.165) is 31.6 Å². The van der Waals surface area contributed by atoms with Crippen LogP contribution in [0.2, 0.25) is 0 Å². The fourth-order valence-corrected chi connectivity index (χ4v) is 2.19. The lowest BCUT2D eigenvalue weighted by molar-refractivity contribution is 0.147. The topological polar surface area (TPSA) is 26.7 Å². The van der Waals surface area contributed by atoms with Gasteiger partial charge in [-0.05, 0) is 47.0 Å². The van der Waals surface area contributed by atoms with Crippen LogP contribution in [-0.2, 0) is 0 Å². The predicted octanol–water partition coefficient (Wildman–Crippen LogP) is 2.22. The second kappa shape index (κ2) is 7.63. The Hall–Kier alpha value is -0.900. The van der Waals surface area contributed by atoms with Gasteiger partial charge in [0.25, 0.3) is 0 Å². The zero-order valence-corrected chi connectivity index (χ0v) is 13.0. The first-order valence-electron chi connectivity index (χ1n) is 6.98. The summed E-state index contributed by atoms with van der Waals surface area (Å²) in [6, 6.07) is 6.30. The van der Waals surface area contributed by atoms with Gasteiger partial charge in [0.1, 0.15) is 0 Å². The first-order valence-corrected chi connectivity index (χ1v) is 6.98. The molecule has 0 spiro atoms. The van der Waals surface area contributed by atoms with Crippen molar-refractivity contribution in [3.63, 3.8) is 0 Å². The van der Waals surface area contributed by atoms with E-state index in [1.807, 2.05) is 0 Å². The summed E-state index contributed by atoms with van der Waals surface area (Å²) >= 11 is 0. The number of likely N-dealkylation sites (N-methyl/N-ethyl adjacent to an activating group) is 2. The molecule has 1 aromatic rings. The summed E-state index contributed by atoms with van der Waals surface area (Å²) in [6.07, 6.45) is 0.424. The van der Waals surface area contributed by atoms with Gasteiger partial charge >= 0.3 is 0 Å². The third-order valence-corrected chi connectivity index (χ3v) is 3.34. The van der Waals surface area contributed by atoms with E-state index in [2.05, 4.69) is 63.0 Å². The highest BCUT2D eigenvalue weighted by Gasteiger charge is 2.10. The number of hydrogen-bond acceptors (Lipinski definition) is 3. The van der Waals surface area contributed by atoms with Crippen molar-refractivity contribution in [3.8, 4) is 0 Å². The van der Waals surface area contributed by atoms with Gasteiger partial charge in [-0.3, -0.25) is 0 Å². The van der Waals surface area contributed by atoms with Crippen molar-refractivity contribution in [3.05, 3.63) is 34.9 Å². The molecule has 1 aromatic carbocycles. The first kappa shape index (κ1) is 16.2. The molecule has 0 aliphatic rings. The predicted molar refractivity (Wildman–Crippen MR) is 81.5 cm³/mol. The average molecular weight is 264 g/mol. The molecule has 0 amide bonds. The summed E-state index contributed by atoms with van der Waals surface area (Å²) < 4.78 is 0. The number of aryl methyl sites for hydroxylation is 2. The van der Waals surface area contributed by atoms with Crippen LogP contribution < -0.4 is 0 Å². The standard InChI is InChI=1S/C16H28N2O/c1-13-10-14(2)12-15(11-13)16(19)6-7-18(5)9-8-17(3)4/h10-12,16,19H,6-9H2,1-5H3. The third-order valence-electron chi connectivity index (χ3n) is 3.34. The van der Waals surface area contributed by atoms with E-state index in [4.69, 9.17) is 0 Å². The average Bonchev–Trinajstić information content (AvgIpc) is 2.32. The van der Waals surface area contributed by atoms with Gasteiger partial charge in [0, 0.05) is 19.6 Å². The summed E-state index contributed by atoms with van der Waals surface area (Å²) in [7, 11) is 6.27. The van der Waals surface area contributed by atoms with E-state index in [9.17, 15) is 5.11 Å². The van der Waals surface area contributed by atoms with Crippen LogP contribution >= 0.6 is 0 Å². The van der Waals surface area contributed by atoms with Gasteiger partial charge in [0.2, 0.25) is 0 Å². The fraction of sp³-hybridized carbons (Fsp3) is 0.625. The summed E-state index contributed by atoms with van der Waals surface area (Å²) in [6.45, 7) is 7.16. The second-order valence-electron chi connectivity index (χ2n) is 5.83. The van der Waals surface area contributed by atoms with Crippen LogP contribution in [0.3, 0.4) is 0 Å². The maximum Gasteiger partial charge on any atom is 0.0802 e. The molecule has 0 saturated heterocycles. The summed E-state index contributed by atoms with van der Waals surface area (Å²) in [5.74, 6) is 0. The zero-order chi connectivity index (χ0) is 14.4. The molecule has 0 radical (unpaired) electrons. The van der Waals surface area contributed by atoms with Crippen molar-refractivity contribution >= 4 is 0 Å². The molecule has 0 bridgehead atoms. The van der Waals surface area contributed by atoms with Crippen molar-refractivity contribution in [2.24, 2.45) is 0 Å². The largest absolute Gasteiger partial charge is 0.388 e. The molecule has 0 aliphatic carbocycles. The lowest BCUT2D eigenvalue weighted by Gasteiger charge is -2.21. The van der Waals surface area contributed by atoms with Crippen molar-refractivity contribution in [2.45, 2.75) is 26.4 Å². The van der Waals surface area contributed by atoms with Crippen molar-refractivity contribution in [1.29, 1.82) is 0 Å². The molecular weight excluding hydrogens is 236 g/mol. The van der Waals surface area contributed by atoms with Crippen LogP contribution in [0, 0.1) is 13.8 Å². The van der Waals surface area contributed by atoms with Gasteiger partial charge in [-0.25, -0.2) is 0 Å². The molecule has 3 nitrogen and oxygen atoms in total. The molecule has 19 heavy (non-hydrogen) atoms. The molecule has 108 valence electrons. The molecule has 0 heterocycles. The van der Waals surface area contributed by atoms with Crippen molar-refractivity contribution in [1.82, 2.24) is 9.80 Å². The SMILES string of the molecule is Cc1cc(C)cc(C(O)CCN(C)CCN(C)C)c1. The summed E-state index contributed by atoms with van der Waals surface area (Å²) in [5.41, 5.74) is 3.48. The highest BCUT2D eigenvalue weighted by atomic mass is 16.3. The van der Waals surface area contributed by atoms with E-state index < -0.39 is 0 Å². The Kier molecular flexibility index (Phi) is 6.49. The summed E-state index contributed by atoms with van der Waals surface area (Å²) in [5, 5.41) is 10.3. The van der Waals surface area contributed by atoms with Gasteiger partial charge in [0.15, 0.2) is 0 Å². The Labute approximate surface area is 117 Å². The van der Waals surface area contributed by atoms with Gasteiger partial charge in [-0.15, -0.1) is 0 Å². The van der Waals surface area contributed by atoms with Crippen molar-refractivity contribution in [2.75, 3.05) is 40.8 Å². The lowest BCUT2D eigenvalue weighted by atomic mass is 10.0. The molecule has 1 atom stereocenters. The Balaban J connectivity index is 2.44. The minimum Gasteiger partial charge on any atom is -0.388 e. The normalized spacial score (nSPS) is 13.3. The Morgan fingerprint density at radius 2 is 1.53 bits per heavy atom. The molecule has 0 saturated carbocycles. The number of aliphatic hydroxyl groups is 1. The fourth-order valence-electron chi connectivity index (χ4n) is 2.19. The monoisotopic (exact) mass is 264 g/mol. The van der Waals surface area contributed by atoms with E-state index in [1.165, 1.54) is 11.1 Å². The van der Waals surface area contributed by atoms with E-state index in [-0.39, 0.29) is 6.10 Å². The van der Waals surface area contributed by atoms with Gasteiger partial charge < -0.3 is 14.9 Å². The van der Waals surface area contributed by atoms with Gasteiger partial charge in [0.05, 0.1) is 6.10 Å². The first-order chi connectivity index (χ1) is 8.88. The molecule has 1 N–H and O–H groups in total. The quantitative estimate of drug-likeness (QED) is 0.818. The molecule has 1 rings (SSSR count). The van der Waals surface area contributed by atoms with Crippen LogP contribution in [0.5, 0.6) is 0 Å². The lowest BCUT2D eigenvalue weighted by Crippen LogP contribution is -2.30. The van der Waals surface area contributed by atoms with Gasteiger partial charge in [-0.1, -0.05) is 29.3 Å². The van der Waals surface area contributed by atoms with E-state index in [1.54, 1.807) is 0 Å². The Morgan fingerprint density at radius 1 is 0.947 bits per heavy atom. The molecule has 0 fully saturated rings. The van der Waals surface area contributed by atoms with E-state index >= 15 is 0 Å². The van der Waals surface area contributed by atoms with Gasteiger partial charge in [-0.2, -0.15) is 0 Å².